The first kappa shape index (κ1) is 9.57. The van der Waals surface area contributed by atoms with Crippen LogP contribution >= 0.6 is 0 Å². The van der Waals surface area contributed by atoms with Crippen molar-refractivity contribution in [2.24, 2.45) is 0 Å². The van der Waals surface area contributed by atoms with Gasteiger partial charge in [-0.1, -0.05) is 12.3 Å². The molecule has 1 aliphatic heterocycles. The van der Waals surface area contributed by atoms with Gasteiger partial charge in [0.15, 0.2) is 0 Å². The van der Waals surface area contributed by atoms with Crippen LogP contribution in [0.3, 0.4) is 0 Å². The van der Waals surface area contributed by atoms with Crippen LogP contribution in [0.2, 0.25) is 0 Å². The summed E-state index contributed by atoms with van der Waals surface area (Å²) in [6.07, 6.45) is 9.21. The molecule has 1 fully saturated rings. The molecular formula is C10H18N2. The van der Waals surface area contributed by atoms with Crippen molar-refractivity contribution in [1.29, 1.82) is 0 Å². The fraction of sp³-hybridized carbons (Fsp3) is 0.800. The van der Waals surface area contributed by atoms with Gasteiger partial charge in [0, 0.05) is 12.6 Å². The Labute approximate surface area is 75.3 Å². The zero-order valence-corrected chi connectivity index (χ0v) is 7.84. The second-order valence-corrected chi connectivity index (χ2v) is 3.55. The summed E-state index contributed by atoms with van der Waals surface area (Å²) in [5, 5.41) is 3.50. The van der Waals surface area contributed by atoms with E-state index in [1.165, 1.54) is 25.8 Å². The molecule has 1 rings (SSSR count). The molecule has 0 aromatic rings. The molecule has 0 radical (unpaired) electrons. The van der Waals surface area contributed by atoms with Crippen molar-refractivity contribution >= 4 is 0 Å². The van der Waals surface area contributed by atoms with Gasteiger partial charge in [-0.3, -0.25) is 4.90 Å². The summed E-state index contributed by atoms with van der Waals surface area (Å²) in [5.74, 6) is 2.66. The summed E-state index contributed by atoms with van der Waals surface area (Å²) >= 11 is 0. The summed E-state index contributed by atoms with van der Waals surface area (Å²) in [6, 6.07) is 0.664. The van der Waals surface area contributed by atoms with Crippen LogP contribution in [0.4, 0.5) is 0 Å². The Hall–Kier alpha value is -0.520. The minimum Gasteiger partial charge on any atom is -0.313 e. The maximum Gasteiger partial charge on any atom is 0.0596 e. The van der Waals surface area contributed by atoms with Crippen molar-refractivity contribution in [2.45, 2.75) is 25.3 Å². The number of hydrogen-bond acceptors (Lipinski definition) is 2. The maximum absolute atomic E-state index is 5.22. The molecule has 12 heavy (non-hydrogen) atoms. The summed E-state index contributed by atoms with van der Waals surface area (Å²) < 4.78 is 0. The molecule has 1 N–H and O–H groups in total. The quantitative estimate of drug-likeness (QED) is 0.621. The normalized spacial score (nSPS) is 23.9. The first-order chi connectivity index (χ1) is 5.83. The molecule has 0 aliphatic carbocycles. The van der Waals surface area contributed by atoms with Gasteiger partial charge in [0.05, 0.1) is 6.54 Å². The largest absolute Gasteiger partial charge is 0.313 e. The van der Waals surface area contributed by atoms with Gasteiger partial charge in [0.2, 0.25) is 0 Å². The van der Waals surface area contributed by atoms with Crippen LogP contribution in [0, 0.1) is 12.3 Å². The van der Waals surface area contributed by atoms with Gasteiger partial charge in [-0.2, -0.15) is 0 Å². The van der Waals surface area contributed by atoms with Crippen LogP contribution in [0.25, 0.3) is 0 Å². The van der Waals surface area contributed by atoms with Crippen molar-refractivity contribution in [3.8, 4) is 12.3 Å². The van der Waals surface area contributed by atoms with E-state index in [-0.39, 0.29) is 0 Å². The second-order valence-electron chi connectivity index (χ2n) is 3.55. The summed E-state index contributed by atoms with van der Waals surface area (Å²) in [7, 11) is 2.08. The molecule has 0 aromatic carbocycles. The lowest BCUT2D eigenvalue weighted by Gasteiger charge is -2.27. The highest BCUT2D eigenvalue weighted by atomic mass is 15.1. The first-order valence-electron chi connectivity index (χ1n) is 4.68. The highest BCUT2D eigenvalue weighted by Gasteiger charge is 2.13. The van der Waals surface area contributed by atoms with Gasteiger partial charge in [-0.15, -0.1) is 6.42 Å². The Morgan fingerprint density at radius 3 is 3.00 bits per heavy atom. The summed E-state index contributed by atoms with van der Waals surface area (Å²) in [5.41, 5.74) is 0. The van der Waals surface area contributed by atoms with E-state index in [9.17, 15) is 0 Å². The molecule has 0 unspecified atom stereocenters. The highest BCUT2D eigenvalue weighted by Crippen LogP contribution is 2.07. The standard InChI is InChI=1S/C10H18N2/c1-3-8-12(2)9-10-6-4-5-7-11-10/h1,10-11H,4-9H2,2H3/t10-/m0/s1. The lowest BCUT2D eigenvalue weighted by atomic mass is 10.0. The van der Waals surface area contributed by atoms with Gasteiger partial charge in [-0.25, -0.2) is 0 Å². The summed E-state index contributed by atoms with van der Waals surface area (Å²) in [6.45, 7) is 3.02. The zero-order valence-electron chi connectivity index (χ0n) is 7.84. The van der Waals surface area contributed by atoms with Crippen LogP contribution < -0.4 is 5.32 Å². The molecule has 1 heterocycles. The Balaban J connectivity index is 2.16. The number of rotatable bonds is 3. The molecule has 0 saturated carbocycles. The number of piperidine rings is 1. The Morgan fingerprint density at radius 1 is 1.58 bits per heavy atom. The molecule has 1 atom stereocenters. The van der Waals surface area contributed by atoms with Gasteiger partial charge < -0.3 is 5.32 Å². The molecule has 1 saturated heterocycles. The predicted molar refractivity (Wildman–Crippen MR) is 52.0 cm³/mol. The smallest absolute Gasteiger partial charge is 0.0596 e. The lowest BCUT2D eigenvalue weighted by molar-refractivity contribution is 0.283. The van der Waals surface area contributed by atoms with Crippen LogP contribution in [0.1, 0.15) is 19.3 Å². The van der Waals surface area contributed by atoms with Crippen molar-refractivity contribution < 1.29 is 0 Å². The Bertz CT molecular complexity index is 154. The average molecular weight is 166 g/mol. The Kier molecular flexibility index (Phi) is 4.13. The lowest BCUT2D eigenvalue weighted by Crippen LogP contribution is -2.42. The van der Waals surface area contributed by atoms with E-state index in [1.54, 1.807) is 0 Å². The molecule has 2 heteroatoms. The minimum absolute atomic E-state index is 0.664. The second kappa shape index (κ2) is 5.18. The van der Waals surface area contributed by atoms with Crippen LogP contribution in [0.15, 0.2) is 0 Å². The number of nitrogens with one attached hydrogen (secondary N) is 1. The monoisotopic (exact) mass is 166 g/mol. The fourth-order valence-corrected chi connectivity index (χ4v) is 1.68. The van der Waals surface area contributed by atoms with Gasteiger partial charge in [0.25, 0.3) is 0 Å². The van der Waals surface area contributed by atoms with E-state index in [2.05, 4.69) is 23.2 Å². The van der Waals surface area contributed by atoms with Crippen molar-refractivity contribution in [2.75, 3.05) is 26.7 Å². The number of terminal acetylenes is 1. The van der Waals surface area contributed by atoms with Crippen molar-refractivity contribution in [3.05, 3.63) is 0 Å². The fourth-order valence-electron chi connectivity index (χ4n) is 1.68. The van der Waals surface area contributed by atoms with Gasteiger partial charge in [0.1, 0.15) is 0 Å². The van der Waals surface area contributed by atoms with E-state index in [0.717, 1.165) is 13.1 Å². The van der Waals surface area contributed by atoms with E-state index >= 15 is 0 Å². The van der Waals surface area contributed by atoms with Crippen LogP contribution in [-0.4, -0.2) is 37.6 Å². The molecule has 68 valence electrons. The van der Waals surface area contributed by atoms with Crippen LogP contribution in [-0.2, 0) is 0 Å². The highest BCUT2D eigenvalue weighted by molar-refractivity contribution is 4.88. The minimum atomic E-state index is 0.664. The Morgan fingerprint density at radius 2 is 2.42 bits per heavy atom. The summed E-state index contributed by atoms with van der Waals surface area (Å²) in [4.78, 5) is 2.20. The molecule has 2 nitrogen and oxygen atoms in total. The van der Waals surface area contributed by atoms with E-state index in [1.807, 2.05) is 0 Å². The maximum atomic E-state index is 5.22. The number of hydrogen-bond donors (Lipinski definition) is 1. The van der Waals surface area contributed by atoms with Gasteiger partial charge in [-0.05, 0) is 26.4 Å². The van der Waals surface area contributed by atoms with Crippen molar-refractivity contribution in [3.63, 3.8) is 0 Å². The SMILES string of the molecule is C#CCN(C)C[C@@H]1CCCCN1. The molecular weight excluding hydrogens is 148 g/mol. The molecule has 1 aliphatic rings. The number of nitrogens with zero attached hydrogens (tertiary/aromatic N) is 1. The van der Waals surface area contributed by atoms with Crippen molar-refractivity contribution in [1.82, 2.24) is 10.2 Å². The van der Waals surface area contributed by atoms with Crippen LogP contribution in [0.5, 0.6) is 0 Å². The molecule has 0 bridgehead atoms. The third-order valence-electron chi connectivity index (χ3n) is 2.31. The third-order valence-corrected chi connectivity index (χ3v) is 2.31. The van der Waals surface area contributed by atoms with Gasteiger partial charge >= 0.3 is 0 Å². The third kappa shape index (κ3) is 3.25. The zero-order chi connectivity index (χ0) is 8.81. The number of likely N-dealkylation sites (N-methyl/N-ethyl adjacent to an activating group) is 1. The molecule has 0 spiro atoms. The first-order valence-corrected chi connectivity index (χ1v) is 4.68. The predicted octanol–water partition coefficient (Wildman–Crippen LogP) is 0.694. The molecule has 0 aromatic heterocycles. The molecule has 0 amide bonds. The van der Waals surface area contributed by atoms with E-state index < -0.39 is 0 Å². The van der Waals surface area contributed by atoms with E-state index in [0.29, 0.717) is 6.04 Å². The topological polar surface area (TPSA) is 15.3 Å². The van der Waals surface area contributed by atoms with E-state index in [4.69, 9.17) is 6.42 Å². The average Bonchev–Trinajstić information content (AvgIpc) is 2.06.